The molecule has 2 aromatic rings. The van der Waals surface area contributed by atoms with Gasteiger partial charge < -0.3 is 15.4 Å². The second kappa shape index (κ2) is 7.31. The van der Waals surface area contributed by atoms with Crippen molar-refractivity contribution >= 4 is 17.6 Å². The van der Waals surface area contributed by atoms with E-state index < -0.39 is 6.04 Å². The van der Waals surface area contributed by atoms with Gasteiger partial charge in [0.15, 0.2) is 0 Å². The van der Waals surface area contributed by atoms with Crippen molar-refractivity contribution in [2.24, 2.45) is 0 Å². The number of ether oxygens (including phenoxy) is 1. The van der Waals surface area contributed by atoms with Crippen LogP contribution in [0.3, 0.4) is 0 Å². The van der Waals surface area contributed by atoms with E-state index in [2.05, 4.69) is 10.6 Å². The molecule has 140 valence electrons. The van der Waals surface area contributed by atoms with Crippen LogP contribution in [0.5, 0.6) is 5.75 Å². The van der Waals surface area contributed by atoms with Gasteiger partial charge in [-0.2, -0.15) is 0 Å². The van der Waals surface area contributed by atoms with Gasteiger partial charge >= 0.3 is 6.03 Å². The second-order valence-electron chi connectivity index (χ2n) is 6.93. The number of carbonyl (C=O) groups excluding carboxylic acids is 2. The van der Waals surface area contributed by atoms with Crippen molar-refractivity contribution < 1.29 is 14.3 Å². The summed E-state index contributed by atoms with van der Waals surface area (Å²) in [6, 6.07) is 14.8. The Morgan fingerprint density at radius 2 is 1.78 bits per heavy atom. The van der Waals surface area contributed by atoms with Crippen LogP contribution in [-0.4, -0.2) is 37.7 Å². The summed E-state index contributed by atoms with van der Waals surface area (Å²) in [5.74, 6) is 0.722. The van der Waals surface area contributed by atoms with Crippen LogP contribution >= 0.6 is 0 Å². The van der Waals surface area contributed by atoms with Gasteiger partial charge in [-0.15, -0.1) is 0 Å². The van der Waals surface area contributed by atoms with E-state index in [4.69, 9.17) is 4.74 Å². The van der Waals surface area contributed by atoms with E-state index in [0.29, 0.717) is 19.4 Å². The zero-order valence-electron chi connectivity index (χ0n) is 15.3. The minimum absolute atomic E-state index is 0.0424. The molecular weight excluding hydrogens is 342 g/mol. The highest BCUT2D eigenvalue weighted by Gasteiger charge is 2.38. The number of nitrogens with one attached hydrogen (secondary N) is 2. The van der Waals surface area contributed by atoms with E-state index in [0.717, 1.165) is 29.0 Å². The minimum atomic E-state index is -0.526. The summed E-state index contributed by atoms with van der Waals surface area (Å²) in [5.41, 5.74) is 2.90. The first-order valence-corrected chi connectivity index (χ1v) is 9.27. The van der Waals surface area contributed by atoms with Crippen molar-refractivity contribution in [2.45, 2.75) is 31.3 Å². The summed E-state index contributed by atoms with van der Waals surface area (Å²) in [6.07, 6.45) is 1.96. The smallest absolute Gasteiger partial charge is 0.322 e. The van der Waals surface area contributed by atoms with Gasteiger partial charge in [0.1, 0.15) is 11.8 Å². The van der Waals surface area contributed by atoms with Gasteiger partial charge in [0.2, 0.25) is 5.91 Å². The van der Waals surface area contributed by atoms with Crippen LogP contribution in [0.1, 0.15) is 17.5 Å². The number of likely N-dealkylation sites (N-methyl/N-ethyl adjacent to an activating group) is 1. The average Bonchev–Trinajstić information content (AvgIpc) is 2.96. The zero-order valence-corrected chi connectivity index (χ0v) is 15.3. The fraction of sp³-hybridized carbons (Fsp3) is 0.333. The van der Waals surface area contributed by atoms with Crippen molar-refractivity contribution in [3.05, 3.63) is 59.7 Å². The topological polar surface area (TPSA) is 70.7 Å². The molecule has 0 fully saturated rings. The largest absolute Gasteiger partial charge is 0.493 e. The Hall–Kier alpha value is -3.02. The number of rotatable bonds is 2. The van der Waals surface area contributed by atoms with Crippen LogP contribution in [-0.2, 0) is 17.6 Å². The normalized spacial score (nSPS) is 20.7. The fourth-order valence-corrected chi connectivity index (χ4v) is 3.87. The third kappa shape index (κ3) is 3.35. The molecule has 0 radical (unpaired) electrons. The van der Waals surface area contributed by atoms with Crippen LogP contribution < -0.4 is 20.3 Å². The number of carbonyl (C=O) groups is 2. The van der Waals surface area contributed by atoms with Gasteiger partial charge in [-0.1, -0.05) is 36.4 Å². The van der Waals surface area contributed by atoms with Gasteiger partial charge in [-0.25, -0.2) is 4.79 Å². The lowest BCUT2D eigenvalue weighted by atomic mass is 10.0. The molecule has 2 aliphatic heterocycles. The molecule has 0 spiro atoms. The predicted molar refractivity (Wildman–Crippen MR) is 103 cm³/mol. The number of fused-ring (bicyclic) bond motifs is 2. The standard InChI is InChI=1S/C21H23N3O3/c1-22-20(25)18-13-14-6-2-4-8-17(14)24(18)21(26)23-16-10-11-27-19-9-5-3-7-15(19)12-16/h2-9,16,18H,10-13H2,1H3,(H,22,25)(H,23,26). The summed E-state index contributed by atoms with van der Waals surface area (Å²) < 4.78 is 5.79. The molecule has 0 aromatic heterocycles. The number of para-hydroxylation sites is 2. The summed E-state index contributed by atoms with van der Waals surface area (Å²) in [5, 5.41) is 5.79. The summed E-state index contributed by atoms with van der Waals surface area (Å²) >= 11 is 0. The number of amides is 3. The minimum Gasteiger partial charge on any atom is -0.493 e. The van der Waals surface area contributed by atoms with E-state index in [9.17, 15) is 9.59 Å². The van der Waals surface area contributed by atoms with Crippen molar-refractivity contribution in [1.29, 1.82) is 0 Å². The predicted octanol–water partition coefficient (Wildman–Crippen LogP) is 2.27. The van der Waals surface area contributed by atoms with Gasteiger partial charge in [0.05, 0.1) is 6.61 Å². The molecule has 0 saturated carbocycles. The maximum Gasteiger partial charge on any atom is 0.322 e. The number of urea groups is 1. The van der Waals surface area contributed by atoms with Crippen molar-refractivity contribution in [3.63, 3.8) is 0 Å². The average molecular weight is 365 g/mol. The first-order chi connectivity index (χ1) is 13.2. The third-order valence-electron chi connectivity index (χ3n) is 5.23. The van der Waals surface area contributed by atoms with Crippen LogP contribution in [0.15, 0.2) is 48.5 Å². The Kier molecular flexibility index (Phi) is 4.71. The number of hydrogen-bond acceptors (Lipinski definition) is 3. The SMILES string of the molecule is CNC(=O)C1Cc2ccccc2N1C(=O)NC1CCOc2ccccc2C1. The third-order valence-corrected chi connectivity index (χ3v) is 5.23. The van der Waals surface area contributed by atoms with E-state index in [1.807, 2.05) is 48.5 Å². The van der Waals surface area contributed by atoms with Gasteiger partial charge in [0, 0.05) is 31.6 Å². The number of anilines is 1. The highest BCUT2D eigenvalue weighted by Crippen LogP contribution is 2.32. The summed E-state index contributed by atoms with van der Waals surface area (Å²) in [4.78, 5) is 27.1. The molecular formula is C21H23N3O3. The van der Waals surface area contributed by atoms with E-state index in [1.54, 1.807) is 11.9 Å². The molecule has 2 aromatic carbocycles. The molecule has 2 unspecified atom stereocenters. The lowest BCUT2D eigenvalue weighted by Crippen LogP contribution is -2.53. The maximum absolute atomic E-state index is 13.1. The molecule has 2 aliphatic rings. The molecule has 2 N–H and O–H groups in total. The Morgan fingerprint density at radius 3 is 2.59 bits per heavy atom. The van der Waals surface area contributed by atoms with Crippen molar-refractivity contribution in [1.82, 2.24) is 10.6 Å². The quantitative estimate of drug-likeness (QED) is 0.858. The van der Waals surface area contributed by atoms with E-state index in [-0.39, 0.29) is 18.0 Å². The van der Waals surface area contributed by atoms with Crippen LogP contribution in [0.25, 0.3) is 0 Å². The lowest BCUT2D eigenvalue weighted by Gasteiger charge is -2.27. The first kappa shape index (κ1) is 17.4. The monoisotopic (exact) mass is 365 g/mol. The molecule has 0 aliphatic carbocycles. The van der Waals surface area contributed by atoms with E-state index in [1.165, 1.54) is 0 Å². The molecule has 6 heteroatoms. The Bertz CT molecular complexity index is 867. The Labute approximate surface area is 158 Å². The highest BCUT2D eigenvalue weighted by molar-refractivity contribution is 6.02. The zero-order chi connectivity index (χ0) is 18.8. The number of hydrogen-bond donors (Lipinski definition) is 2. The van der Waals surface area contributed by atoms with Gasteiger partial charge in [0.25, 0.3) is 0 Å². The molecule has 2 heterocycles. The molecule has 0 bridgehead atoms. The summed E-state index contributed by atoms with van der Waals surface area (Å²) in [6.45, 7) is 0.553. The van der Waals surface area contributed by atoms with Crippen LogP contribution in [0.4, 0.5) is 10.5 Å². The molecule has 6 nitrogen and oxygen atoms in total. The van der Waals surface area contributed by atoms with Crippen LogP contribution in [0.2, 0.25) is 0 Å². The highest BCUT2D eigenvalue weighted by atomic mass is 16.5. The first-order valence-electron chi connectivity index (χ1n) is 9.27. The lowest BCUT2D eigenvalue weighted by molar-refractivity contribution is -0.121. The number of nitrogens with zero attached hydrogens (tertiary/aromatic N) is 1. The molecule has 4 rings (SSSR count). The molecule has 2 atom stereocenters. The Morgan fingerprint density at radius 1 is 1.04 bits per heavy atom. The van der Waals surface area contributed by atoms with Crippen LogP contribution in [0, 0.1) is 0 Å². The second-order valence-corrected chi connectivity index (χ2v) is 6.93. The maximum atomic E-state index is 13.1. The molecule has 0 saturated heterocycles. The number of benzene rings is 2. The van der Waals surface area contributed by atoms with E-state index >= 15 is 0 Å². The van der Waals surface area contributed by atoms with Crippen molar-refractivity contribution in [3.8, 4) is 5.75 Å². The molecule has 27 heavy (non-hydrogen) atoms. The van der Waals surface area contributed by atoms with Gasteiger partial charge in [-0.3, -0.25) is 9.69 Å². The Balaban J connectivity index is 1.55. The fourth-order valence-electron chi connectivity index (χ4n) is 3.87. The van der Waals surface area contributed by atoms with Gasteiger partial charge in [-0.05, 0) is 29.7 Å². The summed E-state index contributed by atoms with van der Waals surface area (Å²) in [7, 11) is 1.60. The van der Waals surface area contributed by atoms with Crippen molar-refractivity contribution in [2.75, 3.05) is 18.6 Å². The molecule has 3 amide bonds.